The summed E-state index contributed by atoms with van der Waals surface area (Å²) in [7, 11) is 1.45. The van der Waals surface area contributed by atoms with E-state index in [4.69, 9.17) is 2.74 Å². The van der Waals surface area contributed by atoms with Gasteiger partial charge in [0.2, 0.25) is 0 Å². The molecule has 0 unspecified atom stereocenters. The third-order valence-corrected chi connectivity index (χ3v) is 5.04. The average molecular weight is 468 g/mol. The number of aromatic nitrogens is 5. The van der Waals surface area contributed by atoms with Gasteiger partial charge in [-0.25, -0.2) is 24.3 Å². The Kier molecular flexibility index (Phi) is 6.62. The minimum atomic E-state index is -0.675. The molecule has 10 heteroatoms. The predicted octanol–water partition coefficient (Wildman–Crippen LogP) is 3.62. The summed E-state index contributed by atoms with van der Waals surface area (Å²) in [5.74, 6) is -0.404. The van der Waals surface area contributed by atoms with E-state index >= 15 is 0 Å². The number of amides is 1. The van der Waals surface area contributed by atoms with Crippen molar-refractivity contribution < 1.29 is 11.9 Å². The van der Waals surface area contributed by atoms with Gasteiger partial charge in [-0.3, -0.25) is 9.78 Å². The molecule has 4 rings (SSSR count). The number of nitrogens with zero attached hydrogens (tertiary/aromatic N) is 5. The van der Waals surface area contributed by atoms with E-state index in [1.54, 1.807) is 25.1 Å². The van der Waals surface area contributed by atoms with Gasteiger partial charge in [0.05, 0.1) is 25.7 Å². The Balaban J connectivity index is 0.00000342. The van der Waals surface area contributed by atoms with E-state index in [0.29, 0.717) is 34.8 Å². The zero-order valence-corrected chi connectivity index (χ0v) is 19.3. The minimum Gasteiger partial charge on any atom is -0.369 e. The van der Waals surface area contributed by atoms with Gasteiger partial charge in [-0.15, -0.1) is 0 Å². The van der Waals surface area contributed by atoms with Crippen LogP contribution in [0.4, 0.5) is 10.2 Å². The predicted molar refractivity (Wildman–Crippen MR) is 130 cm³/mol. The first-order valence-corrected chi connectivity index (χ1v) is 9.97. The molecule has 3 heterocycles. The molecule has 1 atom stereocenters. The van der Waals surface area contributed by atoms with Crippen LogP contribution in [0.2, 0.25) is 0 Å². The Hall–Kier alpha value is -3.66. The highest BCUT2D eigenvalue weighted by molar-refractivity contribution is 7.59. The van der Waals surface area contributed by atoms with Crippen LogP contribution >= 0.6 is 13.5 Å². The van der Waals surface area contributed by atoms with Crippen LogP contribution < -0.4 is 10.6 Å². The Bertz CT molecular complexity index is 1380. The number of halogens is 1. The molecular weight excluding hydrogens is 441 g/mol. The summed E-state index contributed by atoms with van der Waals surface area (Å²) < 4.78 is 30.5. The van der Waals surface area contributed by atoms with Crippen molar-refractivity contribution in [2.75, 3.05) is 18.9 Å². The Morgan fingerprint density at radius 3 is 2.67 bits per heavy atom. The molecule has 0 fully saturated rings. The summed E-state index contributed by atoms with van der Waals surface area (Å²) in [5, 5.41) is 6.15. The molecule has 0 bridgehead atoms. The maximum atomic E-state index is 14.3. The molecule has 0 saturated heterocycles. The smallest absolute Gasteiger partial charge is 0.254 e. The third-order valence-electron chi connectivity index (χ3n) is 5.04. The van der Waals surface area contributed by atoms with Crippen molar-refractivity contribution in [3.63, 3.8) is 0 Å². The largest absolute Gasteiger partial charge is 0.369 e. The molecule has 2 N–H and O–H groups in total. The van der Waals surface area contributed by atoms with Gasteiger partial charge < -0.3 is 10.6 Å². The van der Waals surface area contributed by atoms with Crippen LogP contribution in [0, 0.1) is 12.7 Å². The number of benzene rings is 1. The fourth-order valence-electron chi connectivity index (χ4n) is 3.37. The number of anilines is 1. The highest BCUT2D eigenvalue weighted by atomic mass is 32.1. The van der Waals surface area contributed by atoms with Crippen molar-refractivity contribution in [1.82, 2.24) is 30.2 Å². The molecule has 0 aliphatic heterocycles. The number of para-hydroxylation sites is 1. The fraction of sp³-hybridized carbons (Fsp3) is 0.217. The van der Waals surface area contributed by atoms with Gasteiger partial charge in [0, 0.05) is 48.9 Å². The molecule has 8 nitrogen and oxygen atoms in total. The quantitative estimate of drug-likeness (QED) is 0.446. The van der Waals surface area contributed by atoms with Crippen LogP contribution in [0.3, 0.4) is 0 Å². The number of pyridine rings is 1. The van der Waals surface area contributed by atoms with E-state index in [2.05, 4.69) is 35.6 Å². The summed E-state index contributed by atoms with van der Waals surface area (Å²) in [6.07, 6.45) is 2.26. The van der Waals surface area contributed by atoms with Crippen molar-refractivity contribution >= 4 is 36.1 Å². The number of nitrogens with one attached hydrogen (secondary N) is 2. The minimum absolute atomic E-state index is 0. The SMILES string of the molecule is S.[2H]c1nc(C)nc([2H])c1-c1cc(NC[C@@H](C)c2cccc3c(C(=O)NC)c(F)cnc23)ncn1. The molecule has 1 amide bonds. The Labute approximate surface area is 200 Å². The Morgan fingerprint density at radius 2 is 1.94 bits per heavy atom. The lowest BCUT2D eigenvalue weighted by atomic mass is 9.96. The molecule has 33 heavy (non-hydrogen) atoms. The summed E-state index contributed by atoms with van der Waals surface area (Å²) in [6, 6.07) is 6.97. The topological polar surface area (TPSA) is 106 Å². The zero-order chi connectivity index (χ0) is 24.4. The summed E-state index contributed by atoms with van der Waals surface area (Å²) >= 11 is 0. The Morgan fingerprint density at radius 1 is 1.18 bits per heavy atom. The third kappa shape index (κ3) is 5.06. The van der Waals surface area contributed by atoms with E-state index in [-0.39, 0.29) is 42.9 Å². The van der Waals surface area contributed by atoms with Crippen LogP contribution in [0.25, 0.3) is 22.2 Å². The van der Waals surface area contributed by atoms with Crippen LogP contribution in [0.1, 0.15) is 37.3 Å². The second-order valence-electron chi connectivity index (χ2n) is 7.24. The molecule has 3 aromatic heterocycles. The van der Waals surface area contributed by atoms with Crippen LogP contribution in [-0.2, 0) is 0 Å². The first-order valence-electron chi connectivity index (χ1n) is 11.0. The number of carbonyl (C=O) groups excluding carboxylic acids is 1. The van der Waals surface area contributed by atoms with Crippen LogP contribution in [0.15, 0.2) is 49.1 Å². The van der Waals surface area contributed by atoms with E-state index in [9.17, 15) is 9.18 Å². The van der Waals surface area contributed by atoms with E-state index in [0.717, 1.165) is 11.8 Å². The van der Waals surface area contributed by atoms with Gasteiger partial charge in [-0.2, -0.15) is 13.5 Å². The van der Waals surface area contributed by atoms with Gasteiger partial charge >= 0.3 is 0 Å². The summed E-state index contributed by atoms with van der Waals surface area (Å²) in [5.41, 5.74) is 1.96. The normalized spacial score (nSPS) is 12.4. The molecular formula is C23H24FN7OS. The number of rotatable bonds is 6. The molecule has 0 radical (unpaired) electrons. The number of hydrogen-bond donors (Lipinski definition) is 2. The zero-order valence-electron chi connectivity index (χ0n) is 20.3. The van der Waals surface area contributed by atoms with Gasteiger partial charge in [-0.1, -0.05) is 25.1 Å². The molecule has 170 valence electrons. The number of aryl methyl sites for hydroxylation is 1. The van der Waals surface area contributed by atoms with Crippen molar-refractivity contribution in [3.8, 4) is 11.3 Å². The van der Waals surface area contributed by atoms with Crippen LogP contribution in [-0.4, -0.2) is 44.4 Å². The highest BCUT2D eigenvalue weighted by Crippen LogP contribution is 2.28. The molecule has 0 aliphatic rings. The molecule has 4 aromatic rings. The average Bonchev–Trinajstić information content (AvgIpc) is 2.81. The van der Waals surface area contributed by atoms with Crippen molar-refractivity contribution in [2.24, 2.45) is 0 Å². The monoisotopic (exact) mass is 467 g/mol. The first kappa shape index (κ1) is 21.2. The molecule has 1 aromatic carbocycles. The number of fused-ring (bicyclic) bond motifs is 1. The maximum absolute atomic E-state index is 14.3. The van der Waals surface area contributed by atoms with Crippen LogP contribution in [0.5, 0.6) is 0 Å². The number of hydrogen-bond acceptors (Lipinski definition) is 7. The van der Waals surface area contributed by atoms with Crippen molar-refractivity contribution in [3.05, 3.63) is 71.9 Å². The first-order chi connectivity index (χ1) is 16.3. The second-order valence-corrected chi connectivity index (χ2v) is 7.24. The molecule has 0 spiro atoms. The maximum Gasteiger partial charge on any atom is 0.254 e. The lowest BCUT2D eigenvalue weighted by Gasteiger charge is -2.16. The van der Waals surface area contributed by atoms with E-state index in [1.165, 1.54) is 13.4 Å². The van der Waals surface area contributed by atoms with Gasteiger partial charge in [0.1, 0.15) is 18.0 Å². The molecule has 0 saturated carbocycles. The summed E-state index contributed by atoms with van der Waals surface area (Å²) in [4.78, 5) is 32.9. The highest BCUT2D eigenvalue weighted by Gasteiger charge is 2.19. The molecule has 0 aliphatic carbocycles. The lowest BCUT2D eigenvalue weighted by molar-refractivity contribution is 0.0960. The second kappa shape index (κ2) is 10.3. The number of carbonyl (C=O) groups is 1. The standard InChI is InChI=1S/C23H22FN7O.H2S/c1-13(8-28-20-7-19(30-12-31-20)15-9-26-14(2)27-10-15)16-5-4-6-17-21(23(32)25-3)18(24)11-29-22(16)17;/h4-7,9-13H,8H2,1-3H3,(H,25,32)(H,28,30,31);1H2/t13-;/m1./s1/i9D,10D;. The van der Waals surface area contributed by atoms with Crippen molar-refractivity contribution in [1.29, 1.82) is 0 Å². The summed E-state index contributed by atoms with van der Waals surface area (Å²) in [6.45, 7) is 4.06. The van der Waals surface area contributed by atoms with E-state index in [1.807, 2.05) is 13.0 Å². The van der Waals surface area contributed by atoms with Gasteiger partial charge in [0.25, 0.3) is 5.91 Å². The lowest BCUT2D eigenvalue weighted by Crippen LogP contribution is -2.20. The fourth-order valence-corrected chi connectivity index (χ4v) is 3.37. The van der Waals surface area contributed by atoms with Gasteiger partial charge in [-0.05, 0) is 12.5 Å². The van der Waals surface area contributed by atoms with Gasteiger partial charge in [0.15, 0.2) is 5.82 Å². The van der Waals surface area contributed by atoms with Crippen molar-refractivity contribution in [2.45, 2.75) is 19.8 Å². The van der Waals surface area contributed by atoms with E-state index < -0.39 is 11.7 Å².